The van der Waals surface area contributed by atoms with Gasteiger partial charge in [0.1, 0.15) is 0 Å². The van der Waals surface area contributed by atoms with Gasteiger partial charge in [-0.3, -0.25) is 19.6 Å². The molecule has 47 heavy (non-hydrogen) atoms. The van der Waals surface area contributed by atoms with Crippen molar-refractivity contribution in [2.24, 2.45) is 51.8 Å². The molecule has 1 amide bonds. The number of nitrogens with zero attached hydrogens (tertiary/aromatic N) is 2. The number of carbonyl (C=O) groups is 2. The molecule has 7 rings (SSSR count). The molecule has 8 atom stereocenters. The zero-order valence-corrected chi connectivity index (χ0v) is 30.6. The Kier molecular flexibility index (Phi) is 7.70. The molecule has 1 heterocycles. The van der Waals surface area contributed by atoms with Crippen molar-refractivity contribution in [2.75, 3.05) is 0 Å². The first-order chi connectivity index (χ1) is 22.1. The molecule has 0 saturated heterocycles. The number of rotatable bonds is 5. The highest BCUT2D eigenvalue weighted by molar-refractivity contribution is 6.03. The van der Waals surface area contributed by atoms with E-state index in [0.29, 0.717) is 29.1 Å². The van der Waals surface area contributed by atoms with E-state index in [2.05, 4.69) is 63.8 Å². The van der Waals surface area contributed by atoms with Crippen molar-refractivity contribution in [2.45, 2.75) is 137 Å². The van der Waals surface area contributed by atoms with Crippen molar-refractivity contribution in [3.05, 3.63) is 47.3 Å². The number of nitrogens with one attached hydrogen (secondary N) is 1. The van der Waals surface area contributed by atoms with Gasteiger partial charge in [-0.05, 0) is 146 Å². The first-order valence-electron chi connectivity index (χ1n) is 18.9. The van der Waals surface area contributed by atoms with Crippen molar-refractivity contribution >= 4 is 22.7 Å². The van der Waals surface area contributed by atoms with Crippen LogP contribution in [0.15, 0.2) is 41.7 Å². The summed E-state index contributed by atoms with van der Waals surface area (Å²) in [4.78, 5) is 37.4. The van der Waals surface area contributed by atoms with Crippen molar-refractivity contribution in [3.8, 4) is 0 Å². The van der Waals surface area contributed by atoms with Gasteiger partial charge >= 0.3 is 0 Å². The van der Waals surface area contributed by atoms with Crippen molar-refractivity contribution in [3.63, 3.8) is 0 Å². The minimum atomic E-state index is -0.785. The monoisotopic (exact) mass is 637 g/mol. The number of amides is 1. The molecule has 5 heteroatoms. The summed E-state index contributed by atoms with van der Waals surface area (Å²) in [7, 11) is 0. The summed E-state index contributed by atoms with van der Waals surface area (Å²) in [5.74, 6) is 3.69. The second-order valence-corrected chi connectivity index (χ2v) is 18.5. The molecule has 4 fully saturated rings. The third-order valence-corrected chi connectivity index (χ3v) is 15.4. The average Bonchev–Trinajstić information content (AvgIpc) is 3.32. The molecule has 254 valence electrons. The molecule has 5 nitrogen and oxygen atoms in total. The van der Waals surface area contributed by atoms with Gasteiger partial charge in [0.05, 0.1) is 22.0 Å². The predicted molar refractivity (Wildman–Crippen MR) is 190 cm³/mol. The normalized spacial score (nSPS) is 38.1. The summed E-state index contributed by atoms with van der Waals surface area (Å²) in [6, 6.07) is 5.97. The van der Waals surface area contributed by atoms with E-state index in [4.69, 9.17) is 0 Å². The molecule has 5 aliphatic rings. The number of carbonyl (C=O) groups excluding carboxylic acids is 2. The SMILES string of the molecule is CCC1CCC2(C)C(CCC3(C)C4CCC5(NC(=O)C(C)(C)c6ccc7nccnc7c6)CC(=O)C(C(C)C)=C5C4CCC32)C1(C)C. The lowest BCUT2D eigenvalue weighted by Gasteiger charge is -2.69. The molecule has 5 aliphatic carbocycles. The maximum absolute atomic E-state index is 14.5. The minimum absolute atomic E-state index is 0.00247. The van der Waals surface area contributed by atoms with Gasteiger partial charge in [0, 0.05) is 18.8 Å². The predicted octanol–water partition coefficient (Wildman–Crippen LogP) is 9.39. The molecule has 2 aromatic rings. The molecule has 0 bridgehead atoms. The fourth-order valence-electron chi connectivity index (χ4n) is 13.1. The first-order valence-corrected chi connectivity index (χ1v) is 18.9. The van der Waals surface area contributed by atoms with Crippen molar-refractivity contribution in [1.29, 1.82) is 0 Å². The van der Waals surface area contributed by atoms with Crippen LogP contribution in [0, 0.1) is 51.8 Å². The molecule has 8 unspecified atom stereocenters. The van der Waals surface area contributed by atoms with E-state index in [9.17, 15) is 9.59 Å². The Labute approximate surface area is 283 Å². The van der Waals surface area contributed by atoms with Gasteiger partial charge in [0.25, 0.3) is 0 Å². The van der Waals surface area contributed by atoms with E-state index in [0.717, 1.165) is 59.2 Å². The van der Waals surface area contributed by atoms with Crippen LogP contribution in [-0.4, -0.2) is 27.2 Å². The number of fused-ring (bicyclic) bond motifs is 8. The van der Waals surface area contributed by atoms with Gasteiger partial charge in [-0.1, -0.05) is 61.0 Å². The Morgan fingerprint density at radius 3 is 2.32 bits per heavy atom. The Morgan fingerprint density at radius 2 is 1.62 bits per heavy atom. The minimum Gasteiger partial charge on any atom is -0.346 e. The van der Waals surface area contributed by atoms with Crippen molar-refractivity contribution < 1.29 is 9.59 Å². The Balaban J connectivity index is 1.22. The van der Waals surface area contributed by atoms with Crippen LogP contribution in [0.1, 0.15) is 132 Å². The van der Waals surface area contributed by atoms with Crippen LogP contribution >= 0.6 is 0 Å². The Morgan fingerprint density at radius 1 is 0.915 bits per heavy atom. The van der Waals surface area contributed by atoms with Gasteiger partial charge in [0.15, 0.2) is 5.78 Å². The first kappa shape index (κ1) is 33.0. The van der Waals surface area contributed by atoms with Gasteiger partial charge in [0.2, 0.25) is 5.91 Å². The zero-order valence-electron chi connectivity index (χ0n) is 30.6. The Hall–Kier alpha value is -2.56. The molecule has 1 N–H and O–H groups in total. The summed E-state index contributed by atoms with van der Waals surface area (Å²) in [6.07, 6.45) is 14.8. The molecule has 0 radical (unpaired) electrons. The lowest BCUT2D eigenvalue weighted by atomic mass is 9.36. The third kappa shape index (κ3) is 4.67. The Bertz CT molecular complexity index is 1640. The summed E-state index contributed by atoms with van der Waals surface area (Å²) in [5.41, 5.74) is 4.58. The fourth-order valence-corrected chi connectivity index (χ4v) is 13.1. The molecule has 4 saturated carbocycles. The summed E-state index contributed by atoms with van der Waals surface area (Å²) in [6.45, 7) is 21.3. The highest BCUT2D eigenvalue weighted by Gasteiger charge is 2.66. The van der Waals surface area contributed by atoms with Crippen LogP contribution < -0.4 is 5.32 Å². The second-order valence-electron chi connectivity index (χ2n) is 18.5. The number of benzene rings is 1. The van der Waals surface area contributed by atoms with Gasteiger partial charge in [-0.15, -0.1) is 0 Å². The number of hydrogen-bond donors (Lipinski definition) is 1. The van der Waals surface area contributed by atoms with E-state index >= 15 is 0 Å². The topological polar surface area (TPSA) is 72.0 Å². The lowest BCUT2D eigenvalue weighted by Crippen LogP contribution is -2.64. The standard InChI is InChI=1S/C42H59N3O2/c1-10-26-15-18-41(9)33(38(26,4)5)17-19-40(8)29-16-20-42(24-32(46)35(25(2)3)36(42)28(29)12-14-34(40)41)45-37(47)39(6,7)27-11-13-30-31(23-27)44-22-21-43-30/h11,13,21-23,25-26,28-29,33-34H,10,12,14-20,24H2,1-9H3,(H,45,47). The number of aromatic nitrogens is 2. The lowest BCUT2D eigenvalue weighted by molar-refractivity contribution is -0.190. The number of hydrogen-bond acceptors (Lipinski definition) is 4. The molecule has 1 aromatic heterocycles. The maximum atomic E-state index is 14.5. The van der Waals surface area contributed by atoms with E-state index in [1.165, 1.54) is 44.1 Å². The number of ketones is 1. The van der Waals surface area contributed by atoms with Gasteiger partial charge in [-0.25, -0.2) is 0 Å². The van der Waals surface area contributed by atoms with Gasteiger partial charge in [-0.2, -0.15) is 0 Å². The zero-order chi connectivity index (χ0) is 33.7. The molecule has 1 aromatic carbocycles. The summed E-state index contributed by atoms with van der Waals surface area (Å²) < 4.78 is 0. The van der Waals surface area contributed by atoms with E-state index in [-0.39, 0.29) is 23.0 Å². The van der Waals surface area contributed by atoms with E-state index in [1.54, 1.807) is 12.4 Å². The fraction of sp³-hybridized carbons (Fsp3) is 0.714. The average molecular weight is 638 g/mol. The highest BCUT2D eigenvalue weighted by atomic mass is 16.2. The van der Waals surface area contributed by atoms with Crippen LogP contribution in [0.4, 0.5) is 0 Å². The number of allylic oxidation sites excluding steroid dienone is 1. The molecule has 0 aliphatic heterocycles. The largest absolute Gasteiger partial charge is 0.346 e. The smallest absolute Gasteiger partial charge is 0.230 e. The van der Waals surface area contributed by atoms with Crippen molar-refractivity contribution in [1.82, 2.24) is 15.3 Å². The molecular weight excluding hydrogens is 578 g/mol. The van der Waals surface area contributed by atoms with E-state index in [1.807, 2.05) is 32.0 Å². The van der Waals surface area contributed by atoms with Crippen LogP contribution in [-0.2, 0) is 15.0 Å². The second kappa shape index (κ2) is 11.0. The van der Waals surface area contributed by atoms with E-state index < -0.39 is 11.0 Å². The maximum Gasteiger partial charge on any atom is 0.230 e. The summed E-state index contributed by atoms with van der Waals surface area (Å²) in [5, 5.41) is 3.64. The van der Waals surface area contributed by atoms with Gasteiger partial charge < -0.3 is 5.32 Å². The van der Waals surface area contributed by atoms with Crippen LogP contribution in [0.5, 0.6) is 0 Å². The molecular formula is C42H59N3O2. The summed E-state index contributed by atoms with van der Waals surface area (Å²) >= 11 is 0. The van der Waals surface area contributed by atoms with Crippen LogP contribution in [0.2, 0.25) is 0 Å². The number of Topliss-reactive ketones (excluding diaryl/α,β-unsaturated/α-hetero) is 1. The molecule has 0 spiro atoms. The van der Waals surface area contributed by atoms with Crippen LogP contribution in [0.3, 0.4) is 0 Å². The quantitative estimate of drug-likeness (QED) is 0.355. The third-order valence-electron chi connectivity index (χ3n) is 15.4. The highest BCUT2D eigenvalue weighted by Crippen LogP contribution is 2.72. The van der Waals surface area contributed by atoms with Crippen LogP contribution in [0.25, 0.3) is 11.0 Å².